The third kappa shape index (κ3) is 5.19. The summed E-state index contributed by atoms with van der Waals surface area (Å²) in [5.41, 5.74) is 3.47. The topological polar surface area (TPSA) is 116 Å². The van der Waals surface area contributed by atoms with E-state index in [0.717, 1.165) is 8.58 Å². The number of rotatable bonds is 6. The van der Waals surface area contributed by atoms with Crippen LogP contribution in [-0.4, -0.2) is 40.9 Å². The number of anilines is 2. The molecule has 2 aliphatic heterocycles. The number of allylic oxidation sites excluding steroid dienone is 2. The first kappa shape index (κ1) is 34.8. The zero-order valence-corrected chi connectivity index (χ0v) is 31.9. The Bertz CT molecular complexity index is 2200. The third-order valence-electron chi connectivity index (χ3n) is 10.9. The van der Waals surface area contributed by atoms with Gasteiger partial charge in [0.2, 0.25) is 11.8 Å². The van der Waals surface area contributed by atoms with Gasteiger partial charge in [-0.15, -0.1) is 0 Å². The highest BCUT2D eigenvalue weighted by atomic mass is 127. The molecule has 0 bridgehead atoms. The monoisotopic (exact) mass is 895 g/mol. The number of phenols is 1. The SMILES string of the molecule is COc1cc(Br)cc(C2C3=CCC4C(=O)N(c5ccc(I)cc5)C(=O)C4C3CC3C(=O)N(Nc4ccc(F)cc4)C(=O)C32c2ccc(Cl)cc2)c1O. The quantitative estimate of drug-likeness (QED) is 0.116. The van der Waals surface area contributed by atoms with Crippen molar-refractivity contribution in [2.45, 2.75) is 24.2 Å². The van der Waals surface area contributed by atoms with Gasteiger partial charge in [0.05, 0.1) is 41.7 Å². The van der Waals surface area contributed by atoms with Gasteiger partial charge in [-0.2, -0.15) is 5.01 Å². The molecule has 9 nitrogen and oxygen atoms in total. The fourth-order valence-corrected chi connectivity index (χ4v) is 9.75. The van der Waals surface area contributed by atoms with Crippen LogP contribution < -0.4 is 15.1 Å². The summed E-state index contributed by atoms with van der Waals surface area (Å²) in [5.74, 6) is -6.68. The summed E-state index contributed by atoms with van der Waals surface area (Å²) in [5, 5.41) is 13.2. The van der Waals surface area contributed by atoms with Gasteiger partial charge in [0, 0.05) is 24.5 Å². The van der Waals surface area contributed by atoms with Crippen LogP contribution in [0.15, 0.2) is 101 Å². The molecular formula is C39H29BrClFIN3O6. The Morgan fingerprint density at radius 1 is 0.942 bits per heavy atom. The lowest BCUT2D eigenvalue weighted by Gasteiger charge is -2.50. The molecular weight excluding hydrogens is 868 g/mol. The molecule has 0 radical (unpaired) electrons. The van der Waals surface area contributed by atoms with Gasteiger partial charge in [0.15, 0.2) is 11.5 Å². The van der Waals surface area contributed by atoms with Crippen molar-refractivity contribution in [2.24, 2.45) is 23.7 Å². The highest BCUT2D eigenvalue weighted by Gasteiger charge is 2.70. The number of amides is 4. The number of nitrogens with one attached hydrogen (secondary N) is 1. The van der Waals surface area contributed by atoms with Gasteiger partial charge in [-0.25, -0.2) is 4.39 Å². The maximum Gasteiger partial charge on any atom is 0.260 e. The summed E-state index contributed by atoms with van der Waals surface area (Å²) in [7, 11) is 1.41. The molecule has 2 aliphatic carbocycles. The Morgan fingerprint density at radius 2 is 1.63 bits per heavy atom. The molecule has 4 amide bonds. The summed E-state index contributed by atoms with van der Waals surface area (Å²) >= 11 is 12.1. The molecule has 2 N–H and O–H groups in total. The van der Waals surface area contributed by atoms with Gasteiger partial charge in [-0.3, -0.25) is 29.5 Å². The first-order chi connectivity index (χ1) is 24.9. The van der Waals surface area contributed by atoms with Crippen LogP contribution in [0.5, 0.6) is 11.5 Å². The van der Waals surface area contributed by atoms with Gasteiger partial charge >= 0.3 is 0 Å². The number of methoxy groups -OCH3 is 1. The lowest BCUT2D eigenvalue weighted by atomic mass is 9.49. The fourth-order valence-electron chi connectivity index (χ4n) is 8.81. The van der Waals surface area contributed by atoms with Crippen molar-refractivity contribution < 1.29 is 33.4 Å². The second kappa shape index (κ2) is 13.0. The number of carbonyl (C=O) groups is 4. The van der Waals surface area contributed by atoms with Crippen LogP contribution in [0, 0.1) is 33.1 Å². The highest BCUT2D eigenvalue weighted by molar-refractivity contribution is 14.1. The van der Waals surface area contributed by atoms with Crippen molar-refractivity contribution in [1.82, 2.24) is 5.01 Å². The molecule has 0 aromatic heterocycles. The van der Waals surface area contributed by atoms with Crippen molar-refractivity contribution in [3.63, 3.8) is 0 Å². The van der Waals surface area contributed by atoms with E-state index in [4.69, 9.17) is 16.3 Å². The second-order valence-corrected chi connectivity index (χ2v) is 16.0. The summed E-state index contributed by atoms with van der Waals surface area (Å²) in [6, 6.07) is 22.4. The van der Waals surface area contributed by atoms with Crippen molar-refractivity contribution >= 4 is 85.1 Å². The van der Waals surface area contributed by atoms with Crippen LogP contribution >= 0.6 is 50.1 Å². The van der Waals surface area contributed by atoms with Crippen molar-refractivity contribution in [3.8, 4) is 11.5 Å². The van der Waals surface area contributed by atoms with Crippen molar-refractivity contribution in [2.75, 3.05) is 17.4 Å². The smallest absolute Gasteiger partial charge is 0.260 e. The van der Waals surface area contributed by atoms with E-state index in [1.807, 2.05) is 18.2 Å². The zero-order chi connectivity index (χ0) is 36.6. The molecule has 1 saturated carbocycles. The predicted molar refractivity (Wildman–Crippen MR) is 203 cm³/mol. The van der Waals surface area contributed by atoms with Gasteiger partial charge < -0.3 is 9.84 Å². The van der Waals surface area contributed by atoms with Crippen LogP contribution in [-0.2, 0) is 24.6 Å². The lowest BCUT2D eigenvalue weighted by Crippen LogP contribution is -2.53. The Labute approximate surface area is 325 Å². The average molecular weight is 897 g/mol. The summed E-state index contributed by atoms with van der Waals surface area (Å²) in [6.07, 6.45) is 2.18. The van der Waals surface area contributed by atoms with Crippen LogP contribution in [0.3, 0.4) is 0 Å². The van der Waals surface area contributed by atoms with E-state index in [1.165, 1.54) is 36.3 Å². The first-order valence-corrected chi connectivity index (χ1v) is 18.8. The molecule has 264 valence electrons. The zero-order valence-electron chi connectivity index (χ0n) is 27.4. The minimum Gasteiger partial charge on any atom is -0.504 e. The summed E-state index contributed by atoms with van der Waals surface area (Å²) in [4.78, 5) is 59.9. The number of ether oxygens (including phenoxy) is 1. The normalized spacial score (nSPS) is 26.6. The minimum atomic E-state index is -1.66. The van der Waals surface area contributed by atoms with E-state index >= 15 is 4.79 Å². The third-order valence-corrected chi connectivity index (χ3v) is 12.4. The molecule has 4 aliphatic rings. The number of imide groups is 2. The molecule has 8 rings (SSSR count). The molecule has 2 heterocycles. The van der Waals surface area contributed by atoms with Crippen molar-refractivity contribution in [3.05, 3.63) is 127 Å². The maximum atomic E-state index is 15.3. The Hall–Kier alpha value is -4.27. The number of halogens is 4. The Morgan fingerprint density at radius 3 is 2.31 bits per heavy atom. The standard InChI is InChI=1S/C39H29BrClFIN3O6/c1-52-31-17-20(40)16-29(34(31)47)33-26-14-15-27-32(37(50)45(35(27)48)25-12-8-23(43)9-13-25)28(26)18-30-36(49)46(44-24-10-6-22(42)7-11-24)38(51)39(30,33)19-2-4-21(41)5-3-19/h2-14,16-17,27-28,30,32-33,44,47H,15,18H2,1H3. The van der Waals surface area contributed by atoms with E-state index in [9.17, 15) is 23.9 Å². The molecule has 6 unspecified atom stereocenters. The van der Waals surface area contributed by atoms with Gasteiger partial charge in [0.25, 0.3) is 11.8 Å². The average Bonchev–Trinajstić information content (AvgIpc) is 3.51. The van der Waals surface area contributed by atoms with E-state index in [2.05, 4.69) is 43.9 Å². The number of hydrazine groups is 1. The van der Waals surface area contributed by atoms with Crippen LogP contribution in [0.4, 0.5) is 15.8 Å². The first-order valence-electron chi connectivity index (χ1n) is 16.5. The molecule has 13 heteroatoms. The maximum absolute atomic E-state index is 15.3. The van der Waals surface area contributed by atoms with Gasteiger partial charge in [-0.1, -0.05) is 51.3 Å². The number of phenolic OH excluding ortho intramolecular Hbond substituents is 1. The predicted octanol–water partition coefficient (Wildman–Crippen LogP) is 7.75. The van der Waals surface area contributed by atoms with Crippen LogP contribution in [0.25, 0.3) is 0 Å². The Kier molecular flexibility index (Phi) is 8.69. The van der Waals surface area contributed by atoms with Gasteiger partial charge in [0.1, 0.15) is 5.82 Å². The number of hydrogen-bond donors (Lipinski definition) is 2. The molecule has 4 aromatic rings. The van der Waals surface area contributed by atoms with Crippen molar-refractivity contribution in [1.29, 1.82) is 0 Å². The number of hydrogen-bond acceptors (Lipinski definition) is 7. The molecule has 0 spiro atoms. The molecule has 4 aromatic carbocycles. The van der Waals surface area contributed by atoms with E-state index in [1.54, 1.807) is 48.5 Å². The number of nitrogens with zero attached hydrogens (tertiary/aromatic N) is 2. The largest absolute Gasteiger partial charge is 0.504 e. The van der Waals surface area contributed by atoms with E-state index < -0.39 is 52.6 Å². The minimum absolute atomic E-state index is 0.0593. The summed E-state index contributed by atoms with van der Waals surface area (Å²) in [6.45, 7) is 0. The number of fused-ring (bicyclic) bond motifs is 4. The van der Waals surface area contributed by atoms with E-state index in [-0.39, 0.29) is 36.2 Å². The van der Waals surface area contributed by atoms with Gasteiger partial charge in [-0.05, 0) is 120 Å². The van der Waals surface area contributed by atoms with E-state index in [0.29, 0.717) is 37.6 Å². The molecule has 2 saturated heterocycles. The Balaban J connectivity index is 1.35. The molecule has 3 fully saturated rings. The number of benzene rings is 4. The van der Waals surface area contributed by atoms with Crippen LogP contribution in [0.2, 0.25) is 5.02 Å². The number of aromatic hydroxyl groups is 1. The van der Waals surface area contributed by atoms with Crippen LogP contribution in [0.1, 0.15) is 29.9 Å². The highest BCUT2D eigenvalue weighted by Crippen LogP contribution is 2.65. The lowest BCUT2D eigenvalue weighted by molar-refractivity contribution is -0.138. The number of carbonyl (C=O) groups excluding carboxylic acids is 4. The second-order valence-electron chi connectivity index (χ2n) is 13.4. The molecule has 52 heavy (non-hydrogen) atoms. The summed E-state index contributed by atoms with van der Waals surface area (Å²) < 4.78 is 20.9. The molecule has 6 atom stereocenters. The fraction of sp³-hybridized carbons (Fsp3) is 0.231.